The number of aliphatic hydroxyl groups excluding tert-OH is 6. The maximum atomic E-state index is 10.1. The highest BCUT2D eigenvalue weighted by atomic mass is 16.8. The first kappa shape index (κ1) is 16.5. The van der Waals surface area contributed by atoms with E-state index in [4.69, 9.17) is 18.9 Å². The molecule has 10 nitrogen and oxygen atoms in total. The fraction of sp³-hybridized carbons (Fsp3) is 1.00. The van der Waals surface area contributed by atoms with E-state index >= 15 is 0 Å². The number of aliphatic hydroxyl groups is 6. The number of rotatable bonds is 2. The van der Waals surface area contributed by atoms with Crippen LogP contribution in [-0.2, 0) is 18.9 Å². The molecule has 0 saturated carbocycles. The summed E-state index contributed by atoms with van der Waals surface area (Å²) in [5, 5.41) is 58.3. The quantitative estimate of drug-likeness (QED) is 0.293. The first-order valence-electron chi connectivity index (χ1n) is 6.96. The van der Waals surface area contributed by atoms with Crippen LogP contribution in [0.4, 0.5) is 0 Å². The van der Waals surface area contributed by atoms with Gasteiger partial charge in [-0.15, -0.1) is 0 Å². The minimum absolute atomic E-state index is 0.305. The van der Waals surface area contributed by atoms with Crippen molar-refractivity contribution in [3.05, 3.63) is 0 Å². The van der Waals surface area contributed by atoms with Crippen LogP contribution >= 0.6 is 0 Å². The van der Waals surface area contributed by atoms with Crippen LogP contribution in [0.5, 0.6) is 0 Å². The lowest BCUT2D eigenvalue weighted by Crippen LogP contribution is -2.71. The molecule has 0 aromatic rings. The minimum Gasteiger partial charge on any atom is -0.394 e. The molecule has 10 heteroatoms. The maximum Gasteiger partial charge on any atom is 0.222 e. The van der Waals surface area contributed by atoms with Crippen LogP contribution in [0.25, 0.3) is 0 Å². The number of hydrogen-bond acceptors (Lipinski definition) is 10. The van der Waals surface area contributed by atoms with Crippen molar-refractivity contribution in [3.63, 3.8) is 0 Å². The average Bonchev–Trinajstić information content (AvgIpc) is 2.82. The third-order valence-corrected chi connectivity index (χ3v) is 4.39. The Balaban J connectivity index is 1.86. The van der Waals surface area contributed by atoms with Crippen LogP contribution in [0.3, 0.4) is 0 Å². The van der Waals surface area contributed by atoms with E-state index in [0.29, 0.717) is 0 Å². The monoisotopic (exact) mass is 324 g/mol. The van der Waals surface area contributed by atoms with Gasteiger partial charge in [0.15, 0.2) is 0 Å². The Hall–Kier alpha value is -0.400. The van der Waals surface area contributed by atoms with Crippen LogP contribution in [0, 0.1) is 0 Å². The number of hydrogen-bond donors (Lipinski definition) is 6. The van der Waals surface area contributed by atoms with Gasteiger partial charge in [-0.1, -0.05) is 0 Å². The van der Waals surface area contributed by atoms with Gasteiger partial charge < -0.3 is 49.6 Å². The van der Waals surface area contributed by atoms with Gasteiger partial charge in [0.25, 0.3) is 0 Å². The van der Waals surface area contributed by atoms with Gasteiger partial charge in [-0.25, -0.2) is 0 Å². The zero-order chi connectivity index (χ0) is 16.1. The third kappa shape index (κ3) is 2.19. The number of fused-ring (bicyclic) bond motifs is 1. The van der Waals surface area contributed by atoms with E-state index < -0.39 is 68.0 Å². The zero-order valence-corrected chi connectivity index (χ0v) is 11.6. The Kier molecular flexibility index (Phi) is 4.19. The van der Waals surface area contributed by atoms with E-state index in [9.17, 15) is 30.6 Å². The summed E-state index contributed by atoms with van der Waals surface area (Å²) in [7, 11) is 0. The lowest BCUT2D eigenvalue weighted by Gasteiger charge is -2.51. The second-order valence-electron chi connectivity index (χ2n) is 5.75. The Morgan fingerprint density at radius 3 is 2.32 bits per heavy atom. The first-order valence-corrected chi connectivity index (χ1v) is 6.96. The smallest absolute Gasteiger partial charge is 0.222 e. The predicted molar refractivity (Wildman–Crippen MR) is 65.3 cm³/mol. The van der Waals surface area contributed by atoms with Gasteiger partial charge in [0, 0.05) is 0 Å². The molecule has 3 aliphatic rings. The molecule has 1 spiro atoms. The Morgan fingerprint density at radius 1 is 0.955 bits per heavy atom. The highest BCUT2D eigenvalue weighted by Crippen LogP contribution is 2.44. The van der Waals surface area contributed by atoms with Crippen molar-refractivity contribution >= 4 is 0 Å². The van der Waals surface area contributed by atoms with E-state index in [2.05, 4.69) is 0 Å². The van der Waals surface area contributed by atoms with Crippen molar-refractivity contribution in [2.24, 2.45) is 0 Å². The predicted octanol–water partition coefficient (Wildman–Crippen LogP) is -4.35. The minimum atomic E-state index is -1.81. The van der Waals surface area contributed by atoms with Crippen molar-refractivity contribution < 1.29 is 49.6 Å². The normalized spacial score (nSPS) is 55.4. The maximum absolute atomic E-state index is 10.1. The van der Waals surface area contributed by atoms with Crippen molar-refractivity contribution in [2.45, 2.75) is 48.2 Å². The molecule has 0 aromatic carbocycles. The molecule has 3 fully saturated rings. The largest absolute Gasteiger partial charge is 0.394 e. The highest BCUT2D eigenvalue weighted by molar-refractivity contribution is 5.04. The summed E-state index contributed by atoms with van der Waals surface area (Å²) < 4.78 is 21.7. The number of ether oxygens (including phenoxy) is 4. The standard InChI is InChI=1S/C12H20O10/c13-1-6-8(17)10-11(3-14,21-6)20-4-12(22-10)9(18)7(16)5(15)2-19-12/h5-10,13-18H,1-4H2/t5-,6-,7-,8-,9+,10+,11-,12+/m1/s1. The van der Waals surface area contributed by atoms with Gasteiger partial charge >= 0.3 is 0 Å². The van der Waals surface area contributed by atoms with E-state index in [1.54, 1.807) is 0 Å². The molecule has 128 valence electrons. The Bertz CT molecular complexity index is 421. The zero-order valence-electron chi connectivity index (χ0n) is 11.6. The van der Waals surface area contributed by atoms with Crippen LogP contribution < -0.4 is 0 Å². The van der Waals surface area contributed by atoms with E-state index in [-0.39, 0.29) is 6.61 Å². The van der Waals surface area contributed by atoms with Crippen molar-refractivity contribution in [1.82, 2.24) is 0 Å². The van der Waals surface area contributed by atoms with Crippen molar-refractivity contribution in [3.8, 4) is 0 Å². The Morgan fingerprint density at radius 2 is 1.68 bits per heavy atom. The van der Waals surface area contributed by atoms with Crippen molar-refractivity contribution in [1.29, 1.82) is 0 Å². The van der Waals surface area contributed by atoms with Gasteiger partial charge in [0.05, 0.1) is 13.2 Å². The van der Waals surface area contributed by atoms with Crippen LogP contribution in [0.1, 0.15) is 0 Å². The van der Waals surface area contributed by atoms with Crippen LogP contribution in [0.2, 0.25) is 0 Å². The summed E-state index contributed by atoms with van der Waals surface area (Å²) in [6.07, 6.45) is -8.07. The molecule has 0 unspecified atom stereocenters. The fourth-order valence-corrected chi connectivity index (χ4v) is 3.03. The van der Waals surface area contributed by atoms with Crippen molar-refractivity contribution in [2.75, 3.05) is 26.4 Å². The second kappa shape index (κ2) is 5.60. The highest BCUT2D eigenvalue weighted by Gasteiger charge is 2.66. The van der Waals surface area contributed by atoms with E-state index in [1.165, 1.54) is 0 Å². The van der Waals surface area contributed by atoms with Crippen LogP contribution in [-0.4, -0.2) is 105 Å². The van der Waals surface area contributed by atoms with Gasteiger partial charge in [0.2, 0.25) is 11.6 Å². The summed E-state index contributed by atoms with van der Waals surface area (Å²) in [6.45, 7) is -1.88. The summed E-state index contributed by atoms with van der Waals surface area (Å²) in [5.41, 5.74) is 0. The van der Waals surface area contributed by atoms with Gasteiger partial charge in [0.1, 0.15) is 49.8 Å². The summed E-state index contributed by atoms with van der Waals surface area (Å²) in [6, 6.07) is 0. The molecular weight excluding hydrogens is 304 g/mol. The molecule has 3 heterocycles. The summed E-state index contributed by atoms with van der Waals surface area (Å²) >= 11 is 0. The molecule has 0 amide bonds. The molecule has 3 rings (SSSR count). The van der Waals surface area contributed by atoms with Gasteiger partial charge in [-0.2, -0.15) is 0 Å². The fourth-order valence-electron chi connectivity index (χ4n) is 3.03. The van der Waals surface area contributed by atoms with E-state index in [0.717, 1.165) is 0 Å². The lowest BCUT2D eigenvalue weighted by atomic mass is 9.94. The molecule has 3 aliphatic heterocycles. The molecule has 0 radical (unpaired) electrons. The van der Waals surface area contributed by atoms with E-state index in [1.807, 2.05) is 0 Å². The SMILES string of the molecule is OC[C@H]1O[C@@]2(CO)OC[C@]3(OC[C@@H](O)[C@@H](O)[C@@H]3O)O[C@H]2[C@@H]1O. The average molecular weight is 324 g/mol. The summed E-state index contributed by atoms with van der Waals surface area (Å²) in [5.74, 6) is -3.50. The van der Waals surface area contributed by atoms with Crippen LogP contribution in [0.15, 0.2) is 0 Å². The third-order valence-electron chi connectivity index (χ3n) is 4.39. The summed E-state index contributed by atoms with van der Waals surface area (Å²) in [4.78, 5) is 0. The molecule has 0 bridgehead atoms. The molecule has 0 aliphatic carbocycles. The molecule has 3 saturated heterocycles. The molecule has 6 N–H and O–H groups in total. The molecule has 0 aromatic heterocycles. The molecular formula is C12H20O10. The molecule has 22 heavy (non-hydrogen) atoms. The van der Waals surface area contributed by atoms with Gasteiger partial charge in [-0.3, -0.25) is 0 Å². The topological polar surface area (TPSA) is 158 Å². The molecule has 8 atom stereocenters. The van der Waals surface area contributed by atoms with Gasteiger partial charge in [-0.05, 0) is 0 Å². The second-order valence-corrected chi connectivity index (χ2v) is 5.75. The Labute approximate surface area is 125 Å². The first-order chi connectivity index (χ1) is 10.4. The lowest BCUT2D eigenvalue weighted by molar-refractivity contribution is -0.440.